The molecule has 5 nitrogen and oxygen atoms in total. The highest BCUT2D eigenvalue weighted by atomic mass is 79.9. The molecule has 0 unspecified atom stereocenters. The lowest BCUT2D eigenvalue weighted by atomic mass is 10.3. The number of hydrogen-bond acceptors (Lipinski definition) is 6. The molecule has 0 aliphatic heterocycles. The molecule has 0 radical (unpaired) electrons. The molecule has 0 fully saturated rings. The monoisotopic (exact) mass is 369 g/mol. The highest BCUT2D eigenvalue weighted by Crippen LogP contribution is 2.35. The highest BCUT2D eigenvalue weighted by molar-refractivity contribution is 9.10. The molecule has 0 atom stereocenters. The van der Waals surface area contributed by atoms with Crippen LogP contribution in [0.25, 0.3) is 0 Å². The van der Waals surface area contributed by atoms with Crippen LogP contribution in [0.3, 0.4) is 0 Å². The number of alkyl halides is 3. The van der Waals surface area contributed by atoms with Gasteiger partial charge in [-0.25, -0.2) is 0 Å². The molecule has 10 heteroatoms. The topological polar surface area (TPSA) is 70.3 Å². The van der Waals surface area contributed by atoms with Crippen molar-refractivity contribution in [3.05, 3.63) is 27.7 Å². The van der Waals surface area contributed by atoms with Gasteiger partial charge in [-0.3, -0.25) is 0 Å². The molecule has 0 spiro atoms. The molecule has 2 rings (SSSR count). The van der Waals surface area contributed by atoms with Crippen molar-refractivity contribution in [1.82, 2.24) is 10.2 Å². The van der Waals surface area contributed by atoms with E-state index in [1.807, 2.05) is 0 Å². The Bertz CT molecular complexity index is 606. The van der Waals surface area contributed by atoms with E-state index >= 15 is 0 Å². The molecule has 0 aliphatic rings. The fourth-order valence-electron chi connectivity index (χ4n) is 1.22. The Labute approximate surface area is 123 Å². The summed E-state index contributed by atoms with van der Waals surface area (Å²) in [4.78, 5) is 0. The van der Waals surface area contributed by atoms with E-state index in [0.29, 0.717) is 10.8 Å². The van der Waals surface area contributed by atoms with E-state index in [9.17, 15) is 13.2 Å². The van der Waals surface area contributed by atoms with E-state index in [0.717, 1.165) is 17.4 Å². The summed E-state index contributed by atoms with van der Waals surface area (Å²) in [7, 11) is 0. The molecule has 2 N–H and O–H groups in total. The first kappa shape index (κ1) is 15.0. The molecule has 1 aromatic carbocycles. The molecule has 108 valence electrons. The number of nitrogens with two attached hydrogens (primary N) is 1. The fraction of sp³-hybridized carbons (Fsp3) is 0.200. The minimum atomic E-state index is -4.75. The third kappa shape index (κ3) is 4.05. The van der Waals surface area contributed by atoms with E-state index in [-0.39, 0.29) is 22.0 Å². The number of ether oxygens (including phenoxy) is 2. The zero-order valence-corrected chi connectivity index (χ0v) is 12.1. The second kappa shape index (κ2) is 5.94. The molecule has 0 amide bonds. The summed E-state index contributed by atoms with van der Waals surface area (Å²) in [6.45, 7) is 0.239. The average Bonchev–Trinajstić information content (AvgIpc) is 2.79. The van der Waals surface area contributed by atoms with Gasteiger partial charge in [0.2, 0.25) is 0 Å². The summed E-state index contributed by atoms with van der Waals surface area (Å²) in [5.41, 5.74) is 5.38. The van der Waals surface area contributed by atoms with Crippen molar-refractivity contribution >= 4 is 27.3 Å². The summed E-state index contributed by atoms with van der Waals surface area (Å²) in [6.07, 6.45) is -4.75. The maximum Gasteiger partial charge on any atom is 0.573 e. The Balaban J connectivity index is 2.12. The lowest BCUT2D eigenvalue weighted by Crippen LogP contribution is -2.17. The molecular weight excluding hydrogens is 363 g/mol. The first-order valence-corrected chi connectivity index (χ1v) is 6.74. The van der Waals surface area contributed by atoms with Crippen LogP contribution in [0.15, 0.2) is 22.7 Å². The Morgan fingerprint density at radius 1 is 1.30 bits per heavy atom. The van der Waals surface area contributed by atoms with E-state index in [4.69, 9.17) is 10.5 Å². The Morgan fingerprint density at radius 2 is 2.05 bits per heavy atom. The van der Waals surface area contributed by atoms with Gasteiger partial charge < -0.3 is 15.2 Å². The quantitative estimate of drug-likeness (QED) is 0.893. The second-order valence-corrected chi connectivity index (χ2v) is 5.29. The predicted octanol–water partition coefficient (Wildman–Crippen LogP) is 3.45. The summed E-state index contributed by atoms with van der Waals surface area (Å²) >= 11 is 4.13. The number of halogens is 4. The van der Waals surface area contributed by atoms with Crippen LogP contribution in [-0.4, -0.2) is 16.6 Å². The fourth-order valence-corrected chi connectivity index (χ4v) is 2.24. The molecule has 1 heterocycles. The van der Waals surface area contributed by atoms with Gasteiger partial charge in [-0.05, 0) is 34.1 Å². The molecular formula is C10H7BrF3N3O2S. The van der Waals surface area contributed by atoms with Crippen LogP contribution >= 0.6 is 27.3 Å². The smallest absolute Gasteiger partial charge is 0.430 e. The maximum atomic E-state index is 12.1. The van der Waals surface area contributed by atoms with Crippen LogP contribution in [0.4, 0.5) is 13.2 Å². The molecule has 0 saturated heterocycles. The molecule has 1 aromatic heterocycles. The third-order valence-corrected chi connectivity index (χ3v) is 3.40. The first-order chi connectivity index (χ1) is 9.37. The average molecular weight is 370 g/mol. The Kier molecular flexibility index (Phi) is 4.45. The molecule has 0 saturated carbocycles. The van der Waals surface area contributed by atoms with Gasteiger partial charge in [0.15, 0.2) is 0 Å². The molecule has 20 heavy (non-hydrogen) atoms. The van der Waals surface area contributed by atoms with E-state index in [2.05, 4.69) is 30.9 Å². The van der Waals surface area contributed by atoms with Crippen LogP contribution < -0.4 is 15.2 Å². The van der Waals surface area contributed by atoms with Crippen molar-refractivity contribution in [2.45, 2.75) is 12.9 Å². The summed E-state index contributed by atoms with van der Waals surface area (Å²) in [5.74, 6) is -0.0594. The minimum Gasteiger partial charge on any atom is -0.430 e. The van der Waals surface area contributed by atoms with E-state index < -0.39 is 6.36 Å². The summed E-state index contributed by atoms with van der Waals surface area (Å²) in [5, 5.41) is 8.33. The van der Waals surface area contributed by atoms with Crippen LogP contribution in [0.1, 0.15) is 5.01 Å². The number of benzene rings is 1. The van der Waals surface area contributed by atoms with Crippen molar-refractivity contribution < 1.29 is 22.6 Å². The largest absolute Gasteiger partial charge is 0.573 e. The maximum absolute atomic E-state index is 12.1. The van der Waals surface area contributed by atoms with Gasteiger partial charge in [0.25, 0.3) is 5.19 Å². The van der Waals surface area contributed by atoms with Crippen molar-refractivity contribution in [3.63, 3.8) is 0 Å². The molecule has 2 aromatic rings. The lowest BCUT2D eigenvalue weighted by molar-refractivity contribution is -0.274. The van der Waals surface area contributed by atoms with Crippen LogP contribution in [0.5, 0.6) is 16.7 Å². The van der Waals surface area contributed by atoms with Gasteiger partial charge in [-0.15, -0.1) is 18.3 Å². The normalized spacial score (nSPS) is 11.4. The lowest BCUT2D eigenvalue weighted by Gasteiger charge is -2.11. The van der Waals surface area contributed by atoms with Gasteiger partial charge in [0.1, 0.15) is 16.5 Å². The zero-order valence-electron chi connectivity index (χ0n) is 9.65. The number of aromatic nitrogens is 2. The van der Waals surface area contributed by atoms with Crippen LogP contribution in [-0.2, 0) is 6.54 Å². The van der Waals surface area contributed by atoms with Gasteiger partial charge >= 0.3 is 6.36 Å². The minimum absolute atomic E-state index is 0.107. The summed E-state index contributed by atoms with van der Waals surface area (Å²) < 4.78 is 45.6. The Morgan fingerprint density at radius 3 is 2.60 bits per heavy atom. The SMILES string of the molecule is NCc1nnc(Oc2ccc(OC(F)(F)F)c(Br)c2)s1. The molecule has 0 aliphatic carbocycles. The van der Waals surface area contributed by atoms with Crippen LogP contribution in [0, 0.1) is 0 Å². The summed E-state index contributed by atoms with van der Waals surface area (Å²) in [6, 6.07) is 3.80. The highest BCUT2D eigenvalue weighted by Gasteiger charge is 2.32. The van der Waals surface area contributed by atoms with Crippen molar-refractivity contribution in [2.75, 3.05) is 0 Å². The standard InChI is InChI=1S/C10H7BrF3N3O2S/c11-6-3-5(1-2-7(6)19-10(12,13)14)18-9-17-16-8(4-15)20-9/h1-3H,4,15H2. The van der Waals surface area contributed by atoms with Gasteiger partial charge in [0, 0.05) is 6.54 Å². The third-order valence-electron chi connectivity index (χ3n) is 1.96. The van der Waals surface area contributed by atoms with E-state index in [1.165, 1.54) is 12.1 Å². The van der Waals surface area contributed by atoms with Gasteiger partial charge in [-0.2, -0.15) is 0 Å². The second-order valence-electron chi connectivity index (χ2n) is 3.41. The van der Waals surface area contributed by atoms with Gasteiger partial charge in [0.05, 0.1) is 4.47 Å². The van der Waals surface area contributed by atoms with Gasteiger partial charge in [-0.1, -0.05) is 16.4 Å². The first-order valence-electron chi connectivity index (χ1n) is 5.13. The van der Waals surface area contributed by atoms with Crippen LogP contribution in [0.2, 0.25) is 0 Å². The predicted molar refractivity (Wildman–Crippen MR) is 68.7 cm³/mol. The Hall–Kier alpha value is -1.39. The number of nitrogens with zero attached hydrogens (tertiary/aromatic N) is 2. The van der Waals surface area contributed by atoms with Crippen molar-refractivity contribution in [1.29, 1.82) is 0 Å². The van der Waals surface area contributed by atoms with Crippen molar-refractivity contribution in [3.8, 4) is 16.7 Å². The number of rotatable bonds is 4. The van der Waals surface area contributed by atoms with Crippen molar-refractivity contribution in [2.24, 2.45) is 5.73 Å². The van der Waals surface area contributed by atoms with E-state index in [1.54, 1.807) is 0 Å². The number of hydrogen-bond donors (Lipinski definition) is 1. The zero-order chi connectivity index (χ0) is 14.8. The molecule has 0 bridgehead atoms.